The van der Waals surface area contributed by atoms with E-state index in [4.69, 9.17) is 14.2 Å². The van der Waals surface area contributed by atoms with Gasteiger partial charge in [-0.2, -0.15) is 0 Å². The number of amides is 3. The zero-order valence-electron chi connectivity index (χ0n) is 20.8. The van der Waals surface area contributed by atoms with E-state index in [-0.39, 0.29) is 37.0 Å². The van der Waals surface area contributed by atoms with Crippen molar-refractivity contribution in [3.63, 3.8) is 0 Å². The van der Waals surface area contributed by atoms with Crippen LogP contribution >= 0.6 is 0 Å². The van der Waals surface area contributed by atoms with Crippen molar-refractivity contribution < 1.29 is 33.4 Å². The minimum Gasteiger partial charge on any atom is -0.466 e. The van der Waals surface area contributed by atoms with Crippen molar-refractivity contribution in [3.05, 3.63) is 30.3 Å². The van der Waals surface area contributed by atoms with Gasteiger partial charge in [-0.1, -0.05) is 18.2 Å². The number of carbonyl (C=O) groups is 4. The Kier molecular flexibility index (Phi) is 11.9. The average Bonchev–Trinajstić information content (AvgIpc) is 3.53. The van der Waals surface area contributed by atoms with Crippen LogP contribution in [0.25, 0.3) is 0 Å². The number of hydrogen-bond acceptors (Lipinski definition) is 7. The van der Waals surface area contributed by atoms with Crippen molar-refractivity contribution in [2.45, 2.75) is 59.6 Å². The van der Waals surface area contributed by atoms with E-state index in [1.807, 2.05) is 37.3 Å². The van der Waals surface area contributed by atoms with Crippen molar-refractivity contribution >= 4 is 29.8 Å². The molecule has 10 nitrogen and oxygen atoms in total. The lowest BCUT2D eigenvalue weighted by Gasteiger charge is -2.23. The molecule has 0 saturated heterocycles. The van der Waals surface area contributed by atoms with Gasteiger partial charge in [-0.25, -0.2) is 14.4 Å². The Morgan fingerprint density at radius 1 is 1.00 bits per heavy atom. The summed E-state index contributed by atoms with van der Waals surface area (Å²) in [5, 5.41) is 7.84. The maximum Gasteiger partial charge on any atom is 0.408 e. The van der Waals surface area contributed by atoms with Gasteiger partial charge in [-0.15, -0.1) is 0 Å². The van der Waals surface area contributed by atoms with E-state index in [1.54, 1.807) is 34.6 Å². The van der Waals surface area contributed by atoms with Gasteiger partial charge in [0, 0.05) is 18.2 Å². The fourth-order valence-corrected chi connectivity index (χ4v) is 2.97. The molecule has 0 aliphatic heterocycles. The highest BCUT2D eigenvalue weighted by molar-refractivity contribution is 5.89. The summed E-state index contributed by atoms with van der Waals surface area (Å²) in [6.07, 6.45) is -0.224. The molecular weight excluding hydrogens is 442 g/mol. The minimum atomic E-state index is -0.899. The summed E-state index contributed by atoms with van der Waals surface area (Å²) >= 11 is 0. The lowest BCUT2D eigenvalue weighted by atomic mass is 10.1. The first-order chi connectivity index (χ1) is 16.0. The maximum absolute atomic E-state index is 12.0. The maximum atomic E-state index is 12.0. The Bertz CT molecular complexity index is 809. The fraction of sp³-hybridized carbons (Fsp3) is 0.583. The van der Waals surface area contributed by atoms with Crippen LogP contribution in [0, 0.1) is 11.8 Å². The third-order valence-electron chi connectivity index (χ3n) is 4.44. The van der Waals surface area contributed by atoms with Gasteiger partial charge in [0.15, 0.2) is 0 Å². The number of rotatable bonds is 8. The normalized spacial score (nSPS) is 17.1. The van der Waals surface area contributed by atoms with Crippen molar-refractivity contribution in [1.82, 2.24) is 10.6 Å². The molecule has 1 aliphatic carbocycles. The zero-order valence-corrected chi connectivity index (χ0v) is 20.8. The van der Waals surface area contributed by atoms with E-state index < -0.39 is 23.7 Å². The molecule has 3 amide bonds. The topological polar surface area (TPSA) is 132 Å². The Morgan fingerprint density at radius 3 is 2.15 bits per heavy atom. The van der Waals surface area contributed by atoms with E-state index in [2.05, 4.69) is 16.0 Å². The summed E-state index contributed by atoms with van der Waals surface area (Å²) < 4.78 is 15.0. The van der Waals surface area contributed by atoms with Crippen molar-refractivity contribution in [2.75, 3.05) is 25.1 Å². The summed E-state index contributed by atoms with van der Waals surface area (Å²) in [5.41, 5.74) is 0.136. The number of esters is 2. The summed E-state index contributed by atoms with van der Waals surface area (Å²) in [4.78, 5) is 46.5. The van der Waals surface area contributed by atoms with Crippen LogP contribution in [-0.4, -0.2) is 55.5 Å². The third kappa shape index (κ3) is 11.0. The molecule has 1 aliphatic rings. The van der Waals surface area contributed by atoms with Gasteiger partial charge in [0.1, 0.15) is 11.6 Å². The molecular formula is C24H37N3O7. The number of nitrogens with one attached hydrogen (secondary N) is 3. The van der Waals surface area contributed by atoms with Crippen LogP contribution in [0.15, 0.2) is 30.3 Å². The molecule has 2 unspecified atom stereocenters. The largest absolute Gasteiger partial charge is 0.466 e. The highest BCUT2D eigenvalue weighted by Crippen LogP contribution is 2.42. The number of para-hydroxylation sites is 1. The number of alkyl carbamates (subject to hydrolysis) is 1. The highest BCUT2D eigenvalue weighted by atomic mass is 16.6. The van der Waals surface area contributed by atoms with Crippen LogP contribution < -0.4 is 16.0 Å². The summed E-state index contributed by atoms with van der Waals surface area (Å²) in [7, 11) is 0. The van der Waals surface area contributed by atoms with Crippen molar-refractivity contribution in [1.29, 1.82) is 0 Å². The second-order valence-electron chi connectivity index (χ2n) is 8.48. The van der Waals surface area contributed by atoms with Crippen LogP contribution in [-0.2, 0) is 23.8 Å². The quantitative estimate of drug-likeness (QED) is 0.384. The van der Waals surface area contributed by atoms with Gasteiger partial charge in [-0.3, -0.25) is 4.79 Å². The molecule has 0 bridgehead atoms. The first kappa shape index (κ1) is 28.7. The van der Waals surface area contributed by atoms with Crippen LogP contribution in [0.3, 0.4) is 0 Å². The number of anilines is 1. The highest BCUT2D eigenvalue weighted by Gasteiger charge is 2.52. The predicted molar refractivity (Wildman–Crippen MR) is 127 cm³/mol. The Balaban J connectivity index is 0.000000404. The van der Waals surface area contributed by atoms with Gasteiger partial charge in [-0.05, 0) is 60.1 Å². The van der Waals surface area contributed by atoms with Crippen LogP contribution in [0.4, 0.5) is 15.3 Å². The van der Waals surface area contributed by atoms with Crippen molar-refractivity contribution in [2.24, 2.45) is 11.8 Å². The Hall–Kier alpha value is -3.30. The molecule has 34 heavy (non-hydrogen) atoms. The molecule has 3 atom stereocenters. The van der Waals surface area contributed by atoms with E-state index in [0.29, 0.717) is 13.0 Å². The van der Waals surface area contributed by atoms with Crippen molar-refractivity contribution in [3.8, 4) is 0 Å². The number of carbonyl (C=O) groups excluding carboxylic acids is 4. The minimum absolute atomic E-state index is 0.163. The summed E-state index contributed by atoms with van der Waals surface area (Å²) in [5.74, 6) is -1.62. The van der Waals surface area contributed by atoms with Gasteiger partial charge < -0.3 is 30.2 Å². The summed E-state index contributed by atoms with van der Waals surface area (Å²) in [6, 6.07) is 8.28. The second kappa shape index (κ2) is 14.1. The number of ether oxygens (including phenoxy) is 3. The SMILES string of the molecule is CCNC(=O)Nc1ccccc1.CCOC(=O)C1CC1[C@H](NC(=O)OC(C)(C)C)C(=O)OCC. The second-order valence-corrected chi connectivity index (χ2v) is 8.48. The molecule has 0 heterocycles. The smallest absolute Gasteiger partial charge is 0.408 e. The van der Waals surface area contributed by atoms with E-state index >= 15 is 0 Å². The third-order valence-corrected chi connectivity index (χ3v) is 4.44. The molecule has 2 rings (SSSR count). The first-order valence-electron chi connectivity index (χ1n) is 11.4. The lowest BCUT2D eigenvalue weighted by Crippen LogP contribution is -2.46. The summed E-state index contributed by atoms with van der Waals surface area (Å²) in [6.45, 7) is 11.6. The number of benzene rings is 1. The van der Waals surface area contributed by atoms with Gasteiger partial charge in [0.05, 0.1) is 19.1 Å². The van der Waals surface area contributed by atoms with Crippen LogP contribution in [0.2, 0.25) is 0 Å². The lowest BCUT2D eigenvalue weighted by molar-refractivity contribution is -0.147. The van der Waals surface area contributed by atoms with Crippen LogP contribution in [0.5, 0.6) is 0 Å². The molecule has 0 radical (unpaired) electrons. The van der Waals surface area contributed by atoms with Gasteiger partial charge in [0.2, 0.25) is 0 Å². The molecule has 10 heteroatoms. The predicted octanol–water partition coefficient (Wildman–Crippen LogP) is 3.47. The molecule has 1 fully saturated rings. The number of urea groups is 1. The van der Waals surface area contributed by atoms with E-state index in [0.717, 1.165) is 5.69 Å². The molecule has 1 saturated carbocycles. The first-order valence-corrected chi connectivity index (χ1v) is 11.4. The van der Waals surface area contributed by atoms with E-state index in [9.17, 15) is 19.2 Å². The zero-order chi connectivity index (χ0) is 25.7. The molecule has 1 aromatic carbocycles. The molecule has 0 aromatic heterocycles. The molecule has 0 spiro atoms. The Morgan fingerprint density at radius 2 is 1.62 bits per heavy atom. The van der Waals surface area contributed by atoms with Crippen LogP contribution in [0.1, 0.15) is 48.0 Å². The van der Waals surface area contributed by atoms with Gasteiger partial charge >= 0.3 is 24.1 Å². The number of hydrogen-bond donors (Lipinski definition) is 3. The molecule has 3 N–H and O–H groups in total. The van der Waals surface area contributed by atoms with Gasteiger partial charge in [0.25, 0.3) is 0 Å². The Labute approximate surface area is 201 Å². The fourth-order valence-electron chi connectivity index (χ4n) is 2.97. The molecule has 1 aromatic rings. The van der Waals surface area contributed by atoms with E-state index in [1.165, 1.54) is 0 Å². The molecule has 190 valence electrons. The monoisotopic (exact) mass is 479 g/mol. The average molecular weight is 480 g/mol. The standard InChI is InChI=1S/C15H25NO6.C9H12N2O/c1-6-20-12(17)10-8-9(10)11(13(18)21-7-2)16-14(19)22-15(3,4)5;1-2-10-9(12)11-8-6-4-3-5-7-8/h9-11H,6-8H2,1-5H3,(H,16,19);3-7H,2H2,1H3,(H2,10,11,12)/t9?,10?,11-;/m0./s1.